The molecule has 0 atom stereocenters. The lowest BCUT2D eigenvalue weighted by Gasteiger charge is -2.10. The van der Waals surface area contributed by atoms with Crippen LogP contribution in [0.4, 0.5) is 17.6 Å². The van der Waals surface area contributed by atoms with E-state index in [-0.39, 0.29) is 28.4 Å². The Hall–Kier alpha value is -2.08. The molecule has 0 amide bonds. The van der Waals surface area contributed by atoms with Gasteiger partial charge < -0.3 is 0 Å². The molecule has 0 aliphatic rings. The maximum atomic E-state index is 14.0. The van der Waals surface area contributed by atoms with Crippen LogP contribution in [0.1, 0.15) is 5.82 Å². The van der Waals surface area contributed by atoms with Crippen LogP contribution in [0, 0.1) is 23.3 Å². The summed E-state index contributed by atoms with van der Waals surface area (Å²) in [5.41, 5.74) is -0.457. The van der Waals surface area contributed by atoms with Crippen LogP contribution in [0.3, 0.4) is 0 Å². The van der Waals surface area contributed by atoms with Gasteiger partial charge in [-0.1, -0.05) is 6.07 Å². The van der Waals surface area contributed by atoms with Crippen molar-refractivity contribution >= 4 is 22.6 Å². The van der Waals surface area contributed by atoms with Crippen LogP contribution < -0.4 is 0 Å². The summed E-state index contributed by atoms with van der Waals surface area (Å²) in [6.07, 6.45) is 0. The van der Waals surface area contributed by atoms with E-state index in [1.54, 1.807) is 0 Å². The molecular weight excluding hydrogens is 308 g/mol. The van der Waals surface area contributed by atoms with Crippen LogP contribution in [0.2, 0.25) is 0 Å². The molecule has 7 heteroatoms. The summed E-state index contributed by atoms with van der Waals surface area (Å²) in [5.74, 6) is -4.69. The highest BCUT2D eigenvalue weighted by atomic mass is 35.5. The molecule has 0 spiro atoms. The summed E-state index contributed by atoms with van der Waals surface area (Å²) in [4.78, 5) is 4.02. The van der Waals surface area contributed by atoms with Crippen molar-refractivity contribution in [2.24, 2.45) is 0 Å². The number of aromatic nitrogens is 2. The van der Waals surface area contributed by atoms with Crippen molar-refractivity contribution in [2.45, 2.75) is 5.88 Å². The van der Waals surface area contributed by atoms with E-state index in [9.17, 15) is 17.6 Å². The molecule has 0 saturated heterocycles. The first kappa shape index (κ1) is 13.9. The second-order valence-corrected chi connectivity index (χ2v) is 4.57. The molecule has 2 aromatic carbocycles. The van der Waals surface area contributed by atoms with E-state index in [0.717, 1.165) is 16.7 Å². The largest absolute Gasteiger partial charge is 0.289 e. The summed E-state index contributed by atoms with van der Waals surface area (Å²) in [6.45, 7) is 0. The predicted molar refractivity (Wildman–Crippen MR) is 70.5 cm³/mol. The topological polar surface area (TPSA) is 17.8 Å². The minimum absolute atomic E-state index is 0.0840. The van der Waals surface area contributed by atoms with E-state index in [4.69, 9.17) is 11.6 Å². The summed E-state index contributed by atoms with van der Waals surface area (Å²) in [5, 5.41) is 0. The predicted octanol–water partition coefficient (Wildman–Crippen LogP) is 4.32. The van der Waals surface area contributed by atoms with Gasteiger partial charge in [0.25, 0.3) is 0 Å². The van der Waals surface area contributed by atoms with Gasteiger partial charge in [-0.25, -0.2) is 22.5 Å². The second kappa shape index (κ2) is 5.04. The molecule has 1 aromatic heterocycles. The van der Waals surface area contributed by atoms with Gasteiger partial charge in [0.2, 0.25) is 0 Å². The van der Waals surface area contributed by atoms with E-state index in [1.807, 2.05) is 0 Å². The molecule has 2 nitrogen and oxygen atoms in total. The zero-order valence-corrected chi connectivity index (χ0v) is 11.1. The third-order valence-electron chi connectivity index (χ3n) is 3.07. The Kier molecular flexibility index (Phi) is 3.33. The fourth-order valence-electron chi connectivity index (χ4n) is 2.17. The van der Waals surface area contributed by atoms with Gasteiger partial charge in [0.05, 0.1) is 17.1 Å². The molecule has 3 rings (SSSR count). The Bertz CT molecular complexity index is 845. The van der Waals surface area contributed by atoms with Crippen molar-refractivity contribution in [1.82, 2.24) is 9.55 Å². The number of rotatable bonds is 2. The molecule has 0 bridgehead atoms. The number of fused-ring (bicyclic) bond motifs is 1. The zero-order chi connectivity index (χ0) is 15.1. The smallest absolute Gasteiger partial charge is 0.185 e. The van der Waals surface area contributed by atoms with Crippen molar-refractivity contribution in [1.29, 1.82) is 0 Å². The number of alkyl halides is 1. The molecule has 0 aliphatic heterocycles. The van der Waals surface area contributed by atoms with Gasteiger partial charge in [0.1, 0.15) is 11.3 Å². The Labute approximate surface area is 121 Å². The van der Waals surface area contributed by atoms with Gasteiger partial charge >= 0.3 is 0 Å². The van der Waals surface area contributed by atoms with Crippen molar-refractivity contribution in [3.63, 3.8) is 0 Å². The normalized spacial score (nSPS) is 11.3. The van der Waals surface area contributed by atoms with Gasteiger partial charge in [-0.15, -0.1) is 11.6 Å². The van der Waals surface area contributed by atoms with E-state index in [2.05, 4.69) is 4.98 Å². The average molecular weight is 315 g/mol. The fraction of sp³-hybridized carbons (Fsp3) is 0.0714. The summed E-state index contributed by atoms with van der Waals surface area (Å²) >= 11 is 5.72. The van der Waals surface area contributed by atoms with Crippen LogP contribution in [0.5, 0.6) is 0 Å². The van der Waals surface area contributed by atoms with E-state index in [0.29, 0.717) is 0 Å². The number of imidazole rings is 1. The standard InChI is InChI=1S/C14H7ClF4N2/c15-6-11-20-9-5-4-8(17)13(19)14(9)21(11)10-3-1-2-7(16)12(10)18/h1-5H,6H2. The molecule has 0 radical (unpaired) electrons. The number of benzene rings is 2. The fourth-order valence-corrected chi connectivity index (χ4v) is 2.34. The van der Waals surface area contributed by atoms with Crippen LogP contribution >= 0.6 is 11.6 Å². The van der Waals surface area contributed by atoms with Gasteiger partial charge in [0, 0.05) is 0 Å². The molecular formula is C14H7ClF4N2. The Morgan fingerprint density at radius 3 is 2.38 bits per heavy atom. The molecule has 0 aliphatic carbocycles. The van der Waals surface area contributed by atoms with Crippen LogP contribution in [0.25, 0.3) is 16.7 Å². The summed E-state index contributed by atoms with van der Waals surface area (Å²) in [7, 11) is 0. The molecule has 3 aromatic rings. The Morgan fingerprint density at radius 2 is 1.67 bits per heavy atom. The number of hydrogen-bond acceptors (Lipinski definition) is 1. The lowest BCUT2D eigenvalue weighted by atomic mass is 10.2. The number of halogens is 5. The molecule has 0 N–H and O–H groups in total. The van der Waals surface area contributed by atoms with Crippen LogP contribution in [0.15, 0.2) is 30.3 Å². The highest BCUT2D eigenvalue weighted by molar-refractivity contribution is 6.17. The first-order chi connectivity index (χ1) is 10.0. The number of nitrogens with zero attached hydrogens (tertiary/aromatic N) is 2. The zero-order valence-electron chi connectivity index (χ0n) is 10.4. The summed E-state index contributed by atoms with van der Waals surface area (Å²) in [6, 6.07) is 5.58. The van der Waals surface area contributed by atoms with Crippen molar-refractivity contribution in [3.05, 3.63) is 59.4 Å². The SMILES string of the molecule is Fc1cccc(-n2c(CCl)nc3ccc(F)c(F)c32)c1F. The molecule has 108 valence electrons. The van der Waals surface area contributed by atoms with Crippen LogP contribution in [-0.2, 0) is 5.88 Å². The van der Waals surface area contributed by atoms with Gasteiger partial charge in [-0.05, 0) is 24.3 Å². The van der Waals surface area contributed by atoms with Crippen molar-refractivity contribution < 1.29 is 17.6 Å². The third-order valence-corrected chi connectivity index (χ3v) is 3.31. The molecule has 0 unspecified atom stereocenters. The summed E-state index contributed by atoms with van der Waals surface area (Å²) < 4.78 is 55.8. The van der Waals surface area contributed by atoms with Gasteiger partial charge in [-0.2, -0.15) is 0 Å². The molecule has 21 heavy (non-hydrogen) atoms. The molecule has 0 saturated carbocycles. The van der Waals surface area contributed by atoms with E-state index < -0.39 is 23.3 Å². The number of hydrogen-bond donors (Lipinski definition) is 0. The van der Waals surface area contributed by atoms with Gasteiger partial charge in [0.15, 0.2) is 23.3 Å². The van der Waals surface area contributed by atoms with E-state index >= 15 is 0 Å². The van der Waals surface area contributed by atoms with Crippen molar-refractivity contribution in [2.75, 3.05) is 0 Å². The van der Waals surface area contributed by atoms with Gasteiger partial charge in [-0.3, -0.25) is 4.57 Å². The first-order valence-corrected chi connectivity index (χ1v) is 6.43. The minimum atomic E-state index is -1.19. The second-order valence-electron chi connectivity index (χ2n) is 4.30. The molecule has 0 fully saturated rings. The lowest BCUT2D eigenvalue weighted by molar-refractivity contribution is 0.501. The molecule has 1 heterocycles. The highest BCUT2D eigenvalue weighted by Crippen LogP contribution is 2.28. The highest BCUT2D eigenvalue weighted by Gasteiger charge is 2.21. The van der Waals surface area contributed by atoms with E-state index in [1.165, 1.54) is 18.2 Å². The Morgan fingerprint density at radius 1 is 0.952 bits per heavy atom. The Balaban J connectivity index is 2.45. The average Bonchev–Trinajstić information content (AvgIpc) is 2.85. The maximum absolute atomic E-state index is 14.0. The van der Waals surface area contributed by atoms with Crippen molar-refractivity contribution in [3.8, 4) is 5.69 Å². The first-order valence-electron chi connectivity index (χ1n) is 5.90. The quantitative estimate of drug-likeness (QED) is 0.509. The third kappa shape index (κ3) is 2.06. The monoisotopic (exact) mass is 314 g/mol. The lowest BCUT2D eigenvalue weighted by Crippen LogP contribution is -2.05. The van der Waals surface area contributed by atoms with Crippen LogP contribution in [-0.4, -0.2) is 9.55 Å². The minimum Gasteiger partial charge on any atom is -0.289 e. The maximum Gasteiger partial charge on any atom is 0.185 e.